The minimum Gasteiger partial charge on any atom is -0.396 e. The van der Waals surface area contributed by atoms with Gasteiger partial charge in [0.1, 0.15) is 0 Å². The fourth-order valence-corrected chi connectivity index (χ4v) is 3.12. The molecule has 1 aliphatic heterocycles. The van der Waals surface area contributed by atoms with Gasteiger partial charge < -0.3 is 15.1 Å². The third-order valence-corrected chi connectivity index (χ3v) is 4.82. The fourth-order valence-electron chi connectivity index (χ4n) is 3.12. The molecule has 5 nitrogen and oxygen atoms in total. The first-order chi connectivity index (χ1) is 10.9. The van der Waals surface area contributed by atoms with Gasteiger partial charge in [0.15, 0.2) is 0 Å². The van der Waals surface area contributed by atoms with Crippen LogP contribution in [0, 0.1) is 5.41 Å². The van der Waals surface area contributed by atoms with Gasteiger partial charge in [-0.3, -0.25) is 9.69 Å². The number of benzene rings is 1. The summed E-state index contributed by atoms with van der Waals surface area (Å²) in [6, 6.07) is 8.15. The van der Waals surface area contributed by atoms with Crippen molar-refractivity contribution in [1.29, 1.82) is 0 Å². The van der Waals surface area contributed by atoms with Crippen LogP contribution in [0.5, 0.6) is 0 Å². The number of carbonyl (C=O) groups excluding carboxylic acids is 1. The molecule has 1 amide bonds. The largest absolute Gasteiger partial charge is 0.396 e. The summed E-state index contributed by atoms with van der Waals surface area (Å²) < 4.78 is 0. The number of hydrogen-bond donors (Lipinski definition) is 2. The summed E-state index contributed by atoms with van der Waals surface area (Å²) in [5.74, 6) is 0.0255. The highest BCUT2D eigenvalue weighted by Crippen LogP contribution is 2.22. The van der Waals surface area contributed by atoms with E-state index in [1.165, 1.54) is 11.1 Å². The van der Waals surface area contributed by atoms with Crippen LogP contribution in [0.3, 0.4) is 0 Å². The summed E-state index contributed by atoms with van der Waals surface area (Å²) >= 11 is 0. The van der Waals surface area contributed by atoms with E-state index in [1.54, 1.807) is 18.9 Å². The van der Waals surface area contributed by atoms with E-state index in [2.05, 4.69) is 23.1 Å². The summed E-state index contributed by atoms with van der Waals surface area (Å²) in [5, 5.41) is 18.8. The highest BCUT2D eigenvalue weighted by atomic mass is 16.3. The lowest BCUT2D eigenvalue weighted by Gasteiger charge is -2.37. The first-order valence-electron chi connectivity index (χ1n) is 8.18. The van der Waals surface area contributed by atoms with E-state index in [-0.39, 0.29) is 25.2 Å². The van der Waals surface area contributed by atoms with Crippen LogP contribution in [0.15, 0.2) is 24.3 Å². The monoisotopic (exact) mass is 320 g/mol. The zero-order chi connectivity index (χ0) is 17.0. The second kappa shape index (κ2) is 7.43. The number of likely N-dealkylation sites (N-methyl/N-ethyl adjacent to an activating group) is 1. The number of carbonyl (C=O) groups is 1. The standard InChI is InChI=1S/C18H28N2O3/c1-14(17(23)19(3)11-18(2,12-21)13-22)20-9-8-15-6-4-5-7-16(15)10-20/h4-7,14,21-22H,8-13H2,1-3H3. The molecule has 1 aromatic carbocycles. The highest BCUT2D eigenvalue weighted by molar-refractivity contribution is 5.81. The molecule has 0 fully saturated rings. The molecule has 1 aromatic rings. The van der Waals surface area contributed by atoms with E-state index in [4.69, 9.17) is 0 Å². The Morgan fingerprint density at radius 3 is 2.52 bits per heavy atom. The van der Waals surface area contributed by atoms with Crippen molar-refractivity contribution in [2.75, 3.05) is 33.4 Å². The quantitative estimate of drug-likeness (QED) is 0.817. The SMILES string of the molecule is CC(C(=O)N(C)CC(C)(CO)CO)N1CCc2ccccc2C1. The van der Waals surface area contributed by atoms with E-state index >= 15 is 0 Å². The molecule has 0 saturated carbocycles. The summed E-state index contributed by atoms with van der Waals surface area (Å²) in [4.78, 5) is 16.5. The van der Waals surface area contributed by atoms with Crippen molar-refractivity contribution in [3.8, 4) is 0 Å². The molecule has 128 valence electrons. The molecule has 2 rings (SSSR count). The Kier molecular flexibility index (Phi) is 5.79. The van der Waals surface area contributed by atoms with Crippen LogP contribution in [0.2, 0.25) is 0 Å². The maximum Gasteiger partial charge on any atom is 0.239 e. The van der Waals surface area contributed by atoms with Gasteiger partial charge in [-0.05, 0) is 24.5 Å². The smallest absolute Gasteiger partial charge is 0.239 e. The molecule has 0 saturated heterocycles. The second-order valence-corrected chi connectivity index (χ2v) is 6.99. The van der Waals surface area contributed by atoms with Gasteiger partial charge in [-0.1, -0.05) is 31.2 Å². The number of rotatable bonds is 6. The minimum absolute atomic E-state index is 0.0255. The maximum absolute atomic E-state index is 12.7. The van der Waals surface area contributed by atoms with E-state index < -0.39 is 5.41 Å². The average molecular weight is 320 g/mol. The summed E-state index contributed by atoms with van der Waals surface area (Å²) in [6.07, 6.45) is 0.961. The summed E-state index contributed by atoms with van der Waals surface area (Å²) in [7, 11) is 1.74. The fraction of sp³-hybridized carbons (Fsp3) is 0.611. The first-order valence-corrected chi connectivity index (χ1v) is 8.18. The van der Waals surface area contributed by atoms with E-state index in [0.29, 0.717) is 6.54 Å². The van der Waals surface area contributed by atoms with E-state index in [1.807, 2.05) is 13.0 Å². The molecule has 0 aromatic heterocycles. The zero-order valence-electron chi connectivity index (χ0n) is 14.3. The first kappa shape index (κ1) is 17.9. The number of fused-ring (bicyclic) bond motifs is 1. The Bertz CT molecular complexity index is 543. The third kappa shape index (κ3) is 4.10. The zero-order valence-corrected chi connectivity index (χ0v) is 14.3. The topological polar surface area (TPSA) is 64.0 Å². The molecule has 2 N–H and O–H groups in total. The van der Waals surface area contributed by atoms with Crippen molar-refractivity contribution in [2.24, 2.45) is 5.41 Å². The number of hydrogen-bond acceptors (Lipinski definition) is 4. The van der Waals surface area contributed by atoms with Gasteiger partial charge in [0.2, 0.25) is 5.91 Å². The summed E-state index contributed by atoms with van der Waals surface area (Å²) in [6.45, 7) is 5.41. The maximum atomic E-state index is 12.7. The molecule has 5 heteroatoms. The number of aliphatic hydroxyl groups excluding tert-OH is 2. The molecule has 0 bridgehead atoms. The van der Waals surface area contributed by atoms with Gasteiger partial charge in [-0.2, -0.15) is 0 Å². The number of nitrogens with zero attached hydrogens (tertiary/aromatic N) is 2. The Hall–Kier alpha value is -1.43. The van der Waals surface area contributed by atoms with Crippen molar-refractivity contribution in [3.63, 3.8) is 0 Å². The van der Waals surface area contributed by atoms with Crippen molar-refractivity contribution in [1.82, 2.24) is 9.80 Å². The average Bonchev–Trinajstić information content (AvgIpc) is 2.59. The Morgan fingerprint density at radius 1 is 1.30 bits per heavy atom. The molecule has 1 heterocycles. The van der Waals surface area contributed by atoms with E-state index in [9.17, 15) is 15.0 Å². The Labute approximate surface area is 138 Å². The molecular formula is C18H28N2O3. The van der Waals surface area contributed by atoms with Gasteiger partial charge in [0.05, 0.1) is 19.3 Å². The Balaban J connectivity index is 2.00. The lowest BCUT2D eigenvalue weighted by atomic mass is 9.92. The molecule has 1 aliphatic rings. The second-order valence-electron chi connectivity index (χ2n) is 6.99. The number of amides is 1. The van der Waals surface area contributed by atoms with Gasteiger partial charge in [0.25, 0.3) is 0 Å². The number of aliphatic hydroxyl groups is 2. The van der Waals surface area contributed by atoms with Crippen LogP contribution in [0.4, 0.5) is 0 Å². The van der Waals surface area contributed by atoms with E-state index in [0.717, 1.165) is 19.5 Å². The molecule has 1 unspecified atom stereocenters. The third-order valence-electron chi connectivity index (χ3n) is 4.82. The van der Waals surface area contributed by atoms with Crippen LogP contribution in [0.1, 0.15) is 25.0 Å². The highest BCUT2D eigenvalue weighted by Gasteiger charge is 2.31. The van der Waals surface area contributed by atoms with Crippen molar-refractivity contribution in [3.05, 3.63) is 35.4 Å². The molecule has 0 radical (unpaired) electrons. The van der Waals surface area contributed by atoms with Crippen molar-refractivity contribution in [2.45, 2.75) is 32.9 Å². The van der Waals surface area contributed by atoms with Crippen LogP contribution in [0.25, 0.3) is 0 Å². The van der Waals surface area contributed by atoms with Crippen molar-refractivity contribution < 1.29 is 15.0 Å². The van der Waals surface area contributed by atoms with Gasteiger partial charge >= 0.3 is 0 Å². The predicted octanol–water partition coefficient (Wildman–Crippen LogP) is 0.883. The van der Waals surface area contributed by atoms with Crippen LogP contribution in [-0.4, -0.2) is 65.3 Å². The van der Waals surface area contributed by atoms with Gasteiger partial charge in [0, 0.05) is 32.1 Å². The van der Waals surface area contributed by atoms with Gasteiger partial charge in [-0.15, -0.1) is 0 Å². The Morgan fingerprint density at radius 2 is 1.91 bits per heavy atom. The predicted molar refractivity (Wildman–Crippen MR) is 89.9 cm³/mol. The lowest BCUT2D eigenvalue weighted by Crippen LogP contribution is -2.50. The normalized spacial score (nSPS) is 16.7. The van der Waals surface area contributed by atoms with Crippen molar-refractivity contribution >= 4 is 5.91 Å². The van der Waals surface area contributed by atoms with Crippen LogP contribution >= 0.6 is 0 Å². The lowest BCUT2D eigenvalue weighted by molar-refractivity contribution is -0.137. The van der Waals surface area contributed by atoms with Gasteiger partial charge in [-0.25, -0.2) is 0 Å². The summed E-state index contributed by atoms with van der Waals surface area (Å²) in [5.41, 5.74) is 1.99. The molecular weight excluding hydrogens is 292 g/mol. The molecule has 1 atom stereocenters. The van der Waals surface area contributed by atoms with Crippen LogP contribution in [-0.2, 0) is 17.8 Å². The minimum atomic E-state index is -0.668. The molecule has 23 heavy (non-hydrogen) atoms. The van der Waals surface area contributed by atoms with Crippen LogP contribution < -0.4 is 0 Å². The molecule has 0 aliphatic carbocycles. The molecule has 0 spiro atoms.